The molecule has 0 heterocycles. The molecule has 0 spiro atoms. The lowest BCUT2D eigenvalue weighted by Gasteiger charge is -2.66. The van der Waals surface area contributed by atoms with Crippen LogP contribution in [-0.4, -0.2) is 29.6 Å². The van der Waals surface area contributed by atoms with Crippen LogP contribution in [0.25, 0.3) is 0 Å². The Kier molecular flexibility index (Phi) is 6.84. The summed E-state index contributed by atoms with van der Waals surface area (Å²) in [5.41, 5.74) is 0.0823. The minimum atomic E-state index is -0.253. The molecule has 188 valence electrons. The Morgan fingerprint density at radius 3 is 2.39 bits per heavy atom. The molecule has 0 radical (unpaired) electrons. The molecule has 4 aliphatic rings. The molecule has 0 bridgehead atoms. The first-order valence-electron chi connectivity index (χ1n) is 13.9. The number of rotatable bonds is 6. The zero-order valence-electron chi connectivity index (χ0n) is 22.0. The SMILES string of the molecule is CCOC(=O)CC[C@@H](C)[C@H]1CC[C@@H]2[C@]1(C)CC[C@@H]1[C@@]3(C)CC[C@@H](O)C[C@H]3[C@@H](CC)C(=O)[C@@]21C. The van der Waals surface area contributed by atoms with Crippen LogP contribution >= 0.6 is 0 Å². The van der Waals surface area contributed by atoms with Crippen molar-refractivity contribution in [2.75, 3.05) is 6.61 Å². The zero-order chi connectivity index (χ0) is 24.2. The first kappa shape index (κ1) is 25.2. The Bertz CT molecular complexity index is 763. The van der Waals surface area contributed by atoms with Crippen molar-refractivity contribution >= 4 is 11.8 Å². The van der Waals surface area contributed by atoms with Crippen molar-refractivity contribution in [1.29, 1.82) is 0 Å². The number of carbonyl (C=O) groups is 2. The van der Waals surface area contributed by atoms with E-state index in [-0.39, 0.29) is 34.2 Å². The third-order valence-electron chi connectivity index (χ3n) is 11.6. The lowest BCUT2D eigenvalue weighted by Crippen LogP contribution is -2.65. The molecule has 0 aliphatic heterocycles. The van der Waals surface area contributed by atoms with Gasteiger partial charge in [-0.2, -0.15) is 0 Å². The Hall–Kier alpha value is -0.900. The molecule has 33 heavy (non-hydrogen) atoms. The summed E-state index contributed by atoms with van der Waals surface area (Å²) in [7, 11) is 0. The van der Waals surface area contributed by atoms with E-state index in [1.807, 2.05) is 6.92 Å². The van der Waals surface area contributed by atoms with Crippen molar-refractivity contribution in [1.82, 2.24) is 0 Å². The summed E-state index contributed by atoms with van der Waals surface area (Å²) in [5.74, 6) is 2.78. The molecule has 0 aromatic carbocycles. The van der Waals surface area contributed by atoms with Crippen LogP contribution in [0.1, 0.15) is 106 Å². The quantitative estimate of drug-likeness (QED) is 0.480. The largest absolute Gasteiger partial charge is 0.466 e. The first-order chi connectivity index (χ1) is 15.5. The van der Waals surface area contributed by atoms with Crippen LogP contribution in [0.3, 0.4) is 0 Å². The minimum Gasteiger partial charge on any atom is -0.466 e. The Morgan fingerprint density at radius 2 is 1.73 bits per heavy atom. The van der Waals surface area contributed by atoms with Crippen molar-refractivity contribution in [2.45, 2.75) is 112 Å². The molecular formula is C29H48O4. The fourth-order valence-corrected chi connectivity index (χ4v) is 10.1. The molecule has 0 aromatic heterocycles. The second kappa shape index (κ2) is 8.95. The molecule has 4 heteroatoms. The molecule has 0 amide bonds. The molecule has 4 nitrogen and oxygen atoms in total. The monoisotopic (exact) mass is 460 g/mol. The van der Waals surface area contributed by atoms with E-state index >= 15 is 0 Å². The molecule has 1 N–H and O–H groups in total. The molecule has 0 aromatic rings. The predicted molar refractivity (Wildman–Crippen MR) is 130 cm³/mol. The van der Waals surface area contributed by atoms with Gasteiger partial charge in [0.2, 0.25) is 0 Å². The number of ether oxygens (including phenoxy) is 1. The van der Waals surface area contributed by atoms with Gasteiger partial charge in [-0.05, 0) is 105 Å². The molecule has 10 atom stereocenters. The van der Waals surface area contributed by atoms with Gasteiger partial charge in [0.15, 0.2) is 0 Å². The summed E-state index contributed by atoms with van der Waals surface area (Å²) >= 11 is 0. The van der Waals surface area contributed by atoms with Gasteiger partial charge in [-0.1, -0.05) is 34.6 Å². The van der Waals surface area contributed by atoms with Gasteiger partial charge in [-0.3, -0.25) is 9.59 Å². The van der Waals surface area contributed by atoms with E-state index in [0.29, 0.717) is 48.4 Å². The van der Waals surface area contributed by atoms with E-state index < -0.39 is 0 Å². The second-order valence-electron chi connectivity index (χ2n) is 12.9. The van der Waals surface area contributed by atoms with Crippen LogP contribution in [-0.2, 0) is 14.3 Å². The summed E-state index contributed by atoms with van der Waals surface area (Å²) in [6.07, 6.45) is 9.46. The maximum absolute atomic E-state index is 14.3. The second-order valence-corrected chi connectivity index (χ2v) is 12.9. The Labute approximate surface area is 201 Å². The van der Waals surface area contributed by atoms with Gasteiger partial charge in [-0.25, -0.2) is 0 Å². The molecule has 4 fully saturated rings. The number of aliphatic hydroxyl groups excluding tert-OH is 1. The average molecular weight is 461 g/mol. The van der Waals surface area contributed by atoms with Crippen LogP contribution in [0.2, 0.25) is 0 Å². The molecule has 0 saturated heterocycles. The van der Waals surface area contributed by atoms with Crippen LogP contribution in [0, 0.1) is 51.8 Å². The molecule has 0 unspecified atom stereocenters. The molecule has 4 saturated carbocycles. The predicted octanol–water partition coefficient (Wildman–Crippen LogP) is 6.19. The zero-order valence-corrected chi connectivity index (χ0v) is 22.0. The number of aliphatic hydroxyl groups is 1. The molecule has 4 aliphatic carbocycles. The van der Waals surface area contributed by atoms with Crippen molar-refractivity contribution in [3.05, 3.63) is 0 Å². The highest BCUT2D eigenvalue weighted by Gasteiger charge is 2.70. The number of carbonyl (C=O) groups excluding carboxylic acids is 2. The summed E-state index contributed by atoms with van der Waals surface area (Å²) in [6, 6.07) is 0. The Balaban J connectivity index is 1.62. The number of fused-ring (bicyclic) bond motifs is 5. The third kappa shape index (κ3) is 3.72. The molecular weight excluding hydrogens is 412 g/mol. The maximum Gasteiger partial charge on any atom is 0.305 e. The van der Waals surface area contributed by atoms with Gasteiger partial charge < -0.3 is 9.84 Å². The van der Waals surface area contributed by atoms with Crippen LogP contribution in [0.15, 0.2) is 0 Å². The lowest BCUT2D eigenvalue weighted by atomic mass is 9.37. The lowest BCUT2D eigenvalue weighted by molar-refractivity contribution is -0.198. The van der Waals surface area contributed by atoms with E-state index in [1.165, 1.54) is 12.8 Å². The van der Waals surface area contributed by atoms with Crippen molar-refractivity contribution in [2.24, 2.45) is 51.8 Å². The van der Waals surface area contributed by atoms with Crippen molar-refractivity contribution < 1.29 is 19.4 Å². The standard InChI is InChI=1S/C29H48O4/c1-7-20-22-17-19(30)13-15-28(22,5)24-14-16-27(4)21(18(3)9-12-25(31)33-8-2)10-11-23(27)29(24,6)26(20)32/h18-24,30H,7-17H2,1-6H3/t18-,19-,20-,21-,22+,23-,24-,27-,28+,29+/m1/s1. The summed E-state index contributed by atoms with van der Waals surface area (Å²) in [4.78, 5) is 26.3. The highest BCUT2D eigenvalue weighted by atomic mass is 16.5. The van der Waals surface area contributed by atoms with Gasteiger partial charge in [-0.15, -0.1) is 0 Å². The Morgan fingerprint density at radius 1 is 1.06 bits per heavy atom. The van der Waals surface area contributed by atoms with Crippen molar-refractivity contribution in [3.8, 4) is 0 Å². The van der Waals surface area contributed by atoms with E-state index in [0.717, 1.165) is 44.9 Å². The minimum absolute atomic E-state index is 0.0774. The number of ketones is 1. The van der Waals surface area contributed by atoms with Gasteiger partial charge >= 0.3 is 5.97 Å². The maximum atomic E-state index is 14.3. The number of esters is 1. The van der Waals surface area contributed by atoms with E-state index in [9.17, 15) is 14.7 Å². The number of hydrogen-bond donors (Lipinski definition) is 1. The topological polar surface area (TPSA) is 63.6 Å². The van der Waals surface area contributed by atoms with Gasteiger partial charge in [0.1, 0.15) is 5.78 Å². The average Bonchev–Trinajstić information content (AvgIpc) is 3.13. The summed E-state index contributed by atoms with van der Waals surface area (Å²) in [6.45, 7) is 14.1. The number of hydrogen-bond acceptors (Lipinski definition) is 4. The van der Waals surface area contributed by atoms with E-state index in [1.54, 1.807) is 0 Å². The molecule has 4 rings (SSSR count). The fourth-order valence-electron chi connectivity index (χ4n) is 10.1. The highest BCUT2D eigenvalue weighted by Crippen LogP contribution is 2.73. The summed E-state index contributed by atoms with van der Waals surface area (Å²) < 4.78 is 5.18. The van der Waals surface area contributed by atoms with Crippen LogP contribution in [0.4, 0.5) is 0 Å². The fraction of sp³-hybridized carbons (Fsp3) is 0.931. The summed E-state index contributed by atoms with van der Waals surface area (Å²) in [5, 5.41) is 10.5. The highest BCUT2D eigenvalue weighted by molar-refractivity contribution is 5.89. The van der Waals surface area contributed by atoms with Crippen molar-refractivity contribution in [3.63, 3.8) is 0 Å². The number of Topliss-reactive ketones (excluding diaryl/α,β-unsaturated/α-hetero) is 1. The normalized spacial score (nSPS) is 47.9. The van der Waals surface area contributed by atoms with Gasteiger partial charge in [0.05, 0.1) is 12.7 Å². The third-order valence-corrected chi connectivity index (χ3v) is 11.6. The first-order valence-corrected chi connectivity index (χ1v) is 13.9. The van der Waals surface area contributed by atoms with E-state index in [4.69, 9.17) is 4.74 Å². The van der Waals surface area contributed by atoms with Gasteiger partial charge in [0, 0.05) is 17.8 Å². The smallest absolute Gasteiger partial charge is 0.305 e. The van der Waals surface area contributed by atoms with Gasteiger partial charge in [0.25, 0.3) is 0 Å². The van der Waals surface area contributed by atoms with Crippen LogP contribution < -0.4 is 0 Å². The van der Waals surface area contributed by atoms with Crippen LogP contribution in [0.5, 0.6) is 0 Å². The van der Waals surface area contributed by atoms with E-state index in [2.05, 4.69) is 34.6 Å².